The number of nitrogens with one attached hydrogen (secondary N) is 2. The molecule has 166 valence electrons. The Morgan fingerprint density at radius 2 is 1.87 bits per heavy atom. The van der Waals surface area contributed by atoms with Crippen LogP contribution < -0.4 is 14.9 Å². The van der Waals surface area contributed by atoms with Gasteiger partial charge in [-0.15, -0.1) is 0 Å². The minimum absolute atomic E-state index is 0.0551. The normalized spacial score (nSPS) is 19.3. The van der Waals surface area contributed by atoms with Gasteiger partial charge >= 0.3 is 0 Å². The van der Waals surface area contributed by atoms with Gasteiger partial charge in [0, 0.05) is 25.4 Å². The van der Waals surface area contributed by atoms with Gasteiger partial charge in [0.1, 0.15) is 11.0 Å². The molecule has 0 aromatic heterocycles. The topological polar surface area (TPSA) is 97.0 Å². The van der Waals surface area contributed by atoms with E-state index in [0.29, 0.717) is 55.7 Å². The summed E-state index contributed by atoms with van der Waals surface area (Å²) in [7, 11) is -3.99. The highest BCUT2D eigenvalue weighted by Gasteiger charge is 2.27. The summed E-state index contributed by atoms with van der Waals surface area (Å²) < 4.78 is 40.1. The average Bonchev–Trinajstić information content (AvgIpc) is 3.31. The van der Waals surface area contributed by atoms with Gasteiger partial charge in [-0.2, -0.15) is 0 Å². The Hall–Kier alpha value is -2.33. The van der Waals surface area contributed by atoms with Crippen molar-refractivity contribution in [1.29, 1.82) is 0 Å². The molecule has 0 radical (unpaired) electrons. The number of hydrogen-bond acceptors (Lipinski definition) is 6. The fourth-order valence-electron chi connectivity index (χ4n) is 3.62. The molecule has 31 heavy (non-hydrogen) atoms. The number of sulfonamides is 1. The van der Waals surface area contributed by atoms with Crippen LogP contribution in [0.3, 0.4) is 0 Å². The Morgan fingerprint density at radius 1 is 1.10 bits per heavy atom. The molecule has 0 unspecified atom stereocenters. The second-order valence-corrected chi connectivity index (χ2v) is 9.42. The third-order valence-corrected chi connectivity index (χ3v) is 6.93. The Balaban J connectivity index is 1.67. The van der Waals surface area contributed by atoms with Crippen LogP contribution in [0, 0.1) is 0 Å². The molecule has 10 heteroatoms. The molecule has 2 aliphatic rings. The van der Waals surface area contributed by atoms with E-state index in [1.807, 2.05) is 4.90 Å². The molecular weight excluding hydrogens is 442 g/mol. The fraction of sp³-hybridized carbons (Fsp3) is 0.381. The van der Waals surface area contributed by atoms with Crippen LogP contribution in [0.2, 0.25) is 5.02 Å². The van der Waals surface area contributed by atoms with Crippen LogP contribution in [0.25, 0.3) is 0 Å². The highest BCUT2D eigenvalue weighted by Crippen LogP contribution is 2.32. The minimum atomic E-state index is -3.99. The highest BCUT2D eigenvalue weighted by molar-refractivity contribution is 7.93. The van der Waals surface area contributed by atoms with Crippen molar-refractivity contribution in [2.24, 2.45) is 0 Å². The Kier molecular flexibility index (Phi) is 6.66. The lowest BCUT2D eigenvalue weighted by molar-refractivity contribution is -0.124. The number of nitrogens with zero attached hydrogens (tertiary/aromatic N) is 1. The molecule has 1 amide bonds. The second kappa shape index (κ2) is 9.44. The maximum Gasteiger partial charge on any atom is 0.264 e. The maximum atomic E-state index is 13.3. The first kappa shape index (κ1) is 21.9. The van der Waals surface area contributed by atoms with Crippen LogP contribution in [0.15, 0.2) is 47.4 Å². The lowest BCUT2D eigenvalue weighted by Gasteiger charge is -2.30. The zero-order valence-electron chi connectivity index (χ0n) is 16.8. The number of anilines is 3. The van der Waals surface area contributed by atoms with Crippen LogP contribution in [0.5, 0.6) is 0 Å². The molecule has 2 saturated heterocycles. The monoisotopic (exact) mass is 465 g/mol. The number of carbonyl (C=O) groups excluding carboxylic acids is 1. The fourth-order valence-corrected chi connectivity index (χ4v) is 5.19. The van der Waals surface area contributed by atoms with E-state index in [4.69, 9.17) is 21.1 Å². The van der Waals surface area contributed by atoms with Crippen molar-refractivity contribution in [2.75, 3.05) is 47.8 Å². The SMILES string of the molecule is O=C(Nc1ccc(N2CCOCC2)c(S(=O)(=O)Nc2ccccc2Cl)c1)[C@H]1CCCO1. The molecule has 2 heterocycles. The van der Waals surface area contributed by atoms with Crippen LogP contribution in [0.4, 0.5) is 17.1 Å². The minimum Gasteiger partial charge on any atom is -0.378 e. The molecule has 0 saturated carbocycles. The van der Waals surface area contributed by atoms with Gasteiger partial charge in [-0.25, -0.2) is 8.42 Å². The van der Waals surface area contributed by atoms with E-state index < -0.39 is 16.1 Å². The molecule has 4 rings (SSSR count). The van der Waals surface area contributed by atoms with E-state index in [1.165, 1.54) is 6.07 Å². The van der Waals surface area contributed by atoms with E-state index in [9.17, 15) is 13.2 Å². The molecule has 2 aromatic carbocycles. The molecule has 2 aliphatic heterocycles. The number of morpholine rings is 1. The summed E-state index contributed by atoms with van der Waals surface area (Å²) in [5.74, 6) is -0.279. The smallest absolute Gasteiger partial charge is 0.264 e. The molecule has 0 bridgehead atoms. The second-order valence-electron chi connectivity index (χ2n) is 7.36. The Bertz CT molecular complexity index is 1050. The summed E-state index contributed by atoms with van der Waals surface area (Å²) in [4.78, 5) is 14.5. The lowest BCUT2D eigenvalue weighted by Crippen LogP contribution is -2.37. The van der Waals surface area contributed by atoms with Gasteiger partial charge in [0.2, 0.25) is 0 Å². The van der Waals surface area contributed by atoms with Gasteiger partial charge in [0.05, 0.1) is 29.6 Å². The summed E-state index contributed by atoms with van der Waals surface area (Å²) in [6.07, 6.45) is 0.965. The zero-order chi connectivity index (χ0) is 21.8. The number of rotatable bonds is 6. The first-order valence-electron chi connectivity index (χ1n) is 10.1. The van der Waals surface area contributed by atoms with Gasteiger partial charge in [-0.3, -0.25) is 9.52 Å². The number of halogens is 1. The van der Waals surface area contributed by atoms with Gasteiger partial charge in [-0.1, -0.05) is 23.7 Å². The van der Waals surface area contributed by atoms with Crippen molar-refractivity contribution in [3.05, 3.63) is 47.5 Å². The van der Waals surface area contributed by atoms with Crippen molar-refractivity contribution in [1.82, 2.24) is 0 Å². The summed E-state index contributed by atoms with van der Waals surface area (Å²) in [6, 6.07) is 11.5. The maximum absolute atomic E-state index is 13.3. The van der Waals surface area contributed by atoms with Crippen molar-refractivity contribution < 1.29 is 22.7 Å². The number of ether oxygens (including phenoxy) is 2. The van der Waals surface area contributed by atoms with Crippen LogP contribution in [-0.2, 0) is 24.3 Å². The van der Waals surface area contributed by atoms with Crippen LogP contribution >= 0.6 is 11.6 Å². The highest BCUT2D eigenvalue weighted by atomic mass is 35.5. The van der Waals surface area contributed by atoms with Gasteiger partial charge in [0.15, 0.2) is 0 Å². The number of amides is 1. The largest absolute Gasteiger partial charge is 0.378 e. The zero-order valence-corrected chi connectivity index (χ0v) is 18.4. The van der Waals surface area contributed by atoms with Crippen molar-refractivity contribution >= 4 is 44.6 Å². The molecule has 8 nitrogen and oxygen atoms in total. The predicted molar refractivity (Wildman–Crippen MR) is 119 cm³/mol. The van der Waals surface area contributed by atoms with Crippen molar-refractivity contribution in [2.45, 2.75) is 23.8 Å². The van der Waals surface area contributed by atoms with Gasteiger partial charge in [-0.05, 0) is 43.2 Å². The standard InChI is InChI=1S/C21H24ClN3O5S/c22-16-4-1-2-5-17(16)24-31(27,28)20-14-15(23-21(26)19-6-3-11-30-19)7-8-18(20)25-9-12-29-13-10-25/h1-2,4-5,7-8,14,19,24H,3,6,9-13H2,(H,23,26)/t19-/m1/s1. The van der Waals surface area contributed by atoms with Gasteiger partial charge in [0.25, 0.3) is 15.9 Å². The van der Waals surface area contributed by atoms with E-state index in [0.717, 1.165) is 6.42 Å². The molecule has 0 spiro atoms. The molecule has 2 fully saturated rings. The lowest BCUT2D eigenvalue weighted by atomic mass is 10.2. The molecule has 1 atom stereocenters. The Morgan fingerprint density at radius 3 is 2.58 bits per heavy atom. The van der Waals surface area contributed by atoms with Crippen molar-refractivity contribution in [3.63, 3.8) is 0 Å². The van der Waals surface area contributed by atoms with E-state index in [2.05, 4.69) is 10.0 Å². The average molecular weight is 466 g/mol. The number of benzene rings is 2. The summed E-state index contributed by atoms with van der Waals surface area (Å²) in [6.45, 7) is 2.70. The molecular formula is C21H24ClN3O5S. The summed E-state index contributed by atoms with van der Waals surface area (Å²) in [5.41, 5.74) is 1.21. The summed E-state index contributed by atoms with van der Waals surface area (Å²) in [5, 5.41) is 3.07. The van der Waals surface area contributed by atoms with E-state index >= 15 is 0 Å². The number of carbonyl (C=O) groups is 1. The van der Waals surface area contributed by atoms with E-state index in [-0.39, 0.29) is 16.5 Å². The first-order valence-corrected chi connectivity index (χ1v) is 12.0. The summed E-state index contributed by atoms with van der Waals surface area (Å²) >= 11 is 6.15. The number of para-hydroxylation sites is 1. The van der Waals surface area contributed by atoms with E-state index in [1.54, 1.807) is 36.4 Å². The predicted octanol–water partition coefficient (Wildman–Crippen LogP) is 3.09. The first-order chi connectivity index (χ1) is 14.9. The number of hydrogen-bond donors (Lipinski definition) is 2. The van der Waals surface area contributed by atoms with Crippen LogP contribution in [-0.4, -0.2) is 53.3 Å². The van der Waals surface area contributed by atoms with Crippen LogP contribution in [0.1, 0.15) is 12.8 Å². The van der Waals surface area contributed by atoms with Crippen molar-refractivity contribution in [3.8, 4) is 0 Å². The molecule has 2 aromatic rings. The molecule has 0 aliphatic carbocycles. The third-order valence-electron chi connectivity index (χ3n) is 5.21. The quantitative estimate of drug-likeness (QED) is 0.680. The Labute approximate surface area is 186 Å². The third kappa shape index (κ3) is 5.12. The molecule has 2 N–H and O–H groups in total. The van der Waals surface area contributed by atoms with Gasteiger partial charge < -0.3 is 19.7 Å².